The zero-order chi connectivity index (χ0) is 7.84. The first-order valence-corrected chi connectivity index (χ1v) is 3.56. The van der Waals surface area contributed by atoms with Crippen molar-refractivity contribution in [2.45, 2.75) is 0 Å². The largest absolute Gasteiger partial charge is 0.382 e. The topological polar surface area (TPSA) is 104 Å². The maximum Gasteiger partial charge on any atom is 0.223 e. The quantitative estimate of drug-likeness (QED) is 0.557. The fourth-order valence-electron chi connectivity index (χ4n) is 0.725. The average Bonchev–Trinajstić information content (AvgIpc) is 2.34. The van der Waals surface area contributed by atoms with Crippen LogP contribution in [0.2, 0.25) is 0 Å². The first-order valence-electron chi connectivity index (χ1n) is 2.78. The molecule has 11 heavy (non-hydrogen) atoms. The van der Waals surface area contributed by atoms with Crippen LogP contribution in [-0.2, 0) is 0 Å². The summed E-state index contributed by atoms with van der Waals surface area (Å²) >= 11 is 1.14. The monoisotopic (exact) mass is 168 g/mol. The van der Waals surface area contributed by atoms with Gasteiger partial charge in [-0.15, -0.1) is 5.10 Å². The van der Waals surface area contributed by atoms with Crippen LogP contribution in [0.4, 0.5) is 11.8 Å². The van der Waals surface area contributed by atoms with Crippen molar-refractivity contribution in [1.82, 2.24) is 19.6 Å². The van der Waals surface area contributed by atoms with Crippen molar-refractivity contribution in [2.24, 2.45) is 0 Å². The lowest BCUT2D eigenvalue weighted by Crippen LogP contribution is -1.99. The van der Waals surface area contributed by atoms with Crippen LogP contribution >= 0.6 is 11.5 Å². The van der Waals surface area contributed by atoms with E-state index in [0.717, 1.165) is 11.5 Å². The molecule has 0 fully saturated rings. The minimum Gasteiger partial charge on any atom is -0.382 e. The molecule has 0 atom stereocenters. The standard InChI is InChI=1S/C4H4N6S/c5-2-1-3(11-10-9-1)8-4(6)7-2/h(H4,5,6,7,8). The first-order chi connectivity index (χ1) is 5.27. The van der Waals surface area contributed by atoms with Gasteiger partial charge in [0.05, 0.1) is 0 Å². The Morgan fingerprint density at radius 2 is 2.00 bits per heavy atom. The maximum absolute atomic E-state index is 5.47. The van der Waals surface area contributed by atoms with Gasteiger partial charge in [0.2, 0.25) is 5.95 Å². The predicted octanol–water partition coefficient (Wildman–Crippen LogP) is -0.354. The number of nitrogens with zero attached hydrogens (tertiary/aromatic N) is 4. The molecule has 2 rings (SSSR count). The second kappa shape index (κ2) is 1.99. The van der Waals surface area contributed by atoms with Gasteiger partial charge in [-0.3, -0.25) is 0 Å². The van der Waals surface area contributed by atoms with Crippen LogP contribution in [0.3, 0.4) is 0 Å². The molecule has 0 saturated heterocycles. The van der Waals surface area contributed by atoms with Crippen LogP contribution in [-0.4, -0.2) is 19.6 Å². The number of fused-ring (bicyclic) bond motifs is 1. The van der Waals surface area contributed by atoms with Crippen LogP contribution < -0.4 is 11.5 Å². The summed E-state index contributed by atoms with van der Waals surface area (Å²) in [5.41, 5.74) is 11.3. The molecule has 0 spiro atoms. The fraction of sp³-hybridized carbons (Fsp3) is 0. The van der Waals surface area contributed by atoms with Crippen LogP contribution in [0.1, 0.15) is 0 Å². The van der Waals surface area contributed by atoms with E-state index in [1.54, 1.807) is 0 Å². The molecule has 0 aliphatic carbocycles. The Morgan fingerprint density at radius 1 is 1.18 bits per heavy atom. The lowest BCUT2D eigenvalue weighted by molar-refractivity contribution is 1.17. The molecule has 0 unspecified atom stereocenters. The van der Waals surface area contributed by atoms with Gasteiger partial charge in [-0.25, -0.2) is 0 Å². The third kappa shape index (κ3) is 0.855. The molecule has 0 aliphatic heterocycles. The molecule has 0 bridgehead atoms. The van der Waals surface area contributed by atoms with Crippen molar-refractivity contribution in [3.05, 3.63) is 0 Å². The smallest absolute Gasteiger partial charge is 0.223 e. The lowest BCUT2D eigenvalue weighted by atomic mass is 10.5. The van der Waals surface area contributed by atoms with E-state index in [9.17, 15) is 0 Å². The number of anilines is 2. The van der Waals surface area contributed by atoms with Gasteiger partial charge in [0.25, 0.3) is 0 Å². The molecule has 4 N–H and O–H groups in total. The number of hydrogen-bond acceptors (Lipinski definition) is 7. The van der Waals surface area contributed by atoms with E-state index in [2.05, 4.69) is 19.6 Å². The highest BCUT2D eigenvalue weighted by atomic mass is 32.1. The van der Waals surface area contributed by atoms with Crippen molar-refractivity contribution in [2.75, 3.05) is 11.5 Å². The number of rotatable bonds is 0. The van der Waals surface area contributed by atoms with E-state index in [4.69, 9.17) is 11.5 Å². The van der Waals surface area contributed by atoms with Crippen molar-refractivity contribution in [3.8, 4) is 0 Å². The molecule has 7 heteroatoms. The fourth-order valence-corrected chi connectivity index (χ4v) is 1.29. The Morgan fingerprint density at radius 3 is 2.82 bits per heavy atom. The van der Waals surface area contributed by atoms with E-state index in [-0.39, 0.29) is 11.8 Å². The van der Waals surface area contributed by atoms with Gasteiger partial charge < -0.3 is 11.5 Å². The third-order valence-corrected chi connectivity index (χ3v) is 1.79. The first kappa shape index (κ1) is 6.23. The summed E-state index contributed by atoms with van der Waals surface area (Å²) in [7, 11) is 0. The van der Waals surface area contributed by atoms with Gasteiger partial charge in [0, 0.05) is 11.5 Å². The molecule has 2 aromatic rings. The van der Waals surface area contributed by atoms with Gasteiger partial charge in [0.15, 0.2) is 16.2 Å². The summed E-state index contributed by atoms with van der Waals surface area (Å²) < 4.78 is 3.66. The molecule has 0 amide bonds. The molecule has 56 valence electrons. The Balaban J connectivity index is 2.91. The van der Waals surface area contributed by atoms with Gasteiger partial charge in [-0.1, -0.05) is 4.49 Å². The number of aromatic nitrogens is 4. The van der Waals surface area contributed by atoms with Crippen LogP contribution in [0.25, 0.3) is 10.3 Å². The van der Waals surface area contributed by atoms with Gasteiger partial charge in [0.1, 0.15) is 0 Å². The summed E-state index contributed by atoms with van der Waals surface area (Å²) in [5, 5.41) is 3.72. The van der Waals surface area contributed by atoms with Crippen LogP contribution in [0.15, 0.2) is 0 Å². The molecule has 0 saturated carbocycles. The van der Waals surface area contributed by atoms with Crippen molar-refractivity contribution >= 4 is 33.6 Å². The van der Waals surface area contributed by atoms with Crippen molar-refractivity contribution in [3.63, 3.8) is 0 Å². The minimum atomic E-state index is 0.154. The Hall–Kier alpha value is -1.50. The van der Waals surface area contributed by atoms with Crippen LogP contribution in [0.5, 0.6) is 0 Å². The second-order valence-corrected chi connectivity index (χ2v) is 2.63. The van der Waals surface area contributed by atoms with Gasteiger partial charge in [-0.05, 0) is 0 Å². The number of nitrogens with two attached hydrogens (primary N) is 2. The van der Waals surface area contributed by atoms with Crippen molar-refractivity contribution in [1.29, 1.82) is 0 Å². The highest BCUT2D eigenvalue weighted by molar-refractivity contribution is 7.12. The zero-order valence-electron chi connectivity index (χ0n) is 5.35. The minimum absolute atomic E-state index is 0.154. The molecule has 2 heterocycles. The SMILES string of the molecule is Nc1nc(N)c2nnsc2n1. The normalized spacial score (nSPS) is 10.5. The lowest BCUT2D eigenvalue weighted by Gasteiger charge is -1.92. The summed E-state index contributed by atoms with van der Waals surface area (Å²) in [6.07, 6.45) is 0. The summed E-state index contributed by atoms with van der Waals surface area (Å²) in [6.45, 7) is 0. The molecule has 6 nitrogen and oxygen atoms in total. The zero-order valence-corrected chi connectivity index (χ0v) is 6.17. The maximum atomic E-state index is 5.47. The Kier molecular flexibility index (Phi) is 1.13. The van der Waals surface area contributed by atoms with E-state index in [1.807, 2.05) is 0 Å². The highest BCUT2D eigenvalue weighted by Crippen LogP contribution is 2.17. The summed E-state index contributed by atoms with van der Waals surface area (Å²) in [4.78, 5) is 8.22. The number of nitrogen functional groups attached to an aromatic ring is 2. The van der Waals surface area contributed by atoms with Crippen molar-refractivity contribution < 1.29 is 0 Å². The molecule has 2 aromatic heterocycles. The number of hydrogen-bond donors (Lipinski definition) is 2. The Bertz CT molecular complexity index is 394. The Labute approximate surface area is 65.4 Å². The van der Waals surface area contributed by atoms with E-state index >= 15 is 0 Å². The summed E-state index contributed by atoms with van der Waals surface area (Å²) in [6, 6.07) is 0. The third-order valence-electron chi connectivity index (χ3n) is 1.16. The van der Waals surface area contributed by atoms with Gasteiger partial charge in [-0.2, -0.15) is 9.97 Å². The molecular formula is C4H4N6S. The molecule has 0 radical (unpaired) electrons. The van der Waals surface area contributed by atoms with E-state index in [1.165, 1.54) is 0 Å². The highest BCUT2D eigenvalue weighted by Gasteiger charge is 2.05. The predicted molar refractivity (Wildman–Crippen MR) is 41.8 cm³/mol. The van der Waals surface area contributed by atoms with Gasteiger partial charge >= 0.3 is 0 Å². The van der Waals surface area contributed by atoms with Crippen LogP contribution in [0, 0.1) is 0 Å². The van der Waals surface area contributed by atoms with E-state index in [0.29, 0.717) is 10.3 Å². The second-order valence-electron chi connectivity index (χ2n) is 1.89. The average molecular weight is 168 g/mol. The molecule has 0 aromatic carbocycles. The molecular weight excluding hydrogens is 164 g/mol. The van der Waals surface area contributed by atoms with E-state index < -0.39 is 0 Å². The summed E-state index contributed by atoms with van der Waals surface area (Å²) in [5.74, 6) is 0.433. The molecule has 0 aliphatic rings.